The van der Waals surface area contributed by atoms with Gasteiger partial charge in [0.2, 0.25) is 5.91 Å². The van der Waals surface area contributed by atoms with Gasteiger partial charge < -0.3 is 25.8 Å². The van der Waals surface area contributed by atoms with Crippen LogP contribution in [0.25, 0.3) is 11.0 Å². The molecule has 1 aliphatic rings. The van der Waals surface area contributed by atoms with Gasteiger partial charge in [-0.1, -0.05) is 0 Å². The molecule has 5 N–H and O–H groups in total. The van der Waals surface area contributed by atoms with Crippen molar-refractivity contribution in [2.24, 2.45) is 5.73 Å². The number of aromatic amines is 2. The Morgan fingerprint density at radius 3 is 2.75 bits per heavy atom. The molecule has 1 atom stereocenters. The number of halogens is 1. The number of hydrogen-bond acceptors (Lipinski definition) is 4. The summed E-state index contributed by atoms with van der Waals surface area (Å²) in [6.07, 6.45) is 0.486. The number of rotatable bonds is 2. The zero-order chi connectivity index (χ0) is 14.3. The molecule has 0 radical (unpaired) electrons. The number of carbonyl (C=O) groups excluding carboxylic acids is 1. The maximum Gasteiger partial charge on any atom is 0.323 e. The molecule has 1 saturated heterocycles. The van der Waals surface area contributed by atoms with E-state index in [2.05, 4.69) is 31.2 Å². The van der Waals surface area contributed by atoms with Crippen LogP contribution < -0.4 is 16.7 Å². The van der Waals surface area contributed by atoms with Crippen LogP contribution in [0.3, 0.4) is 0 Å². The molecule has 1 fully saturated rings. The molecule has 0 aliphatic carbocycles. The summed E-state index contributed by atoms with van der Waals surface area (Å²) in [7, 11) is 0. The van der Waals surface area contributed by atoms with Crippen LogP contribution in [0.4, 0.5) is 5.69 Å². The molecule has 0 bridgehead atoms. The highest BCUT2D eigenvalue weighted by Crippen LogP contribution is 2.28. The SMILES string of the molecule is NC1(C(=O)Nc2cc3[nH]c(=O)[nH]c3cc2Br)CCOC1. The minimum absolute atomic E-state index is 0.208. The van der Waals surface area contributed by atoms with E-state index < -0.39 is 5.54 Å². The van der Waals surface area contributed by atoms with Gasteiger partial charge in [-0.3, -0.25) is 4.79 Å². The van der Waals surface area contributed by atoms with Crippen LogP contribution in [0, 0.1) is 0 Å². The molecule has 1 amide bonds. The quantitative estimate of drug-likeness (QED) is 0.643. The number of fused-ring (bicyclic) bond motifs is 1. The van der Waals surface area contributed by atoms with Gasteiger partial charge in [0.05, 0.1) is 23.3 Å². The second-order valence-corrected chi connectivity index (χ2v) is 5.72. The van der Waals surface area contributed by atoms with Gasteiger partial charge in [0.25, 0.3) is 0 Å². The predicted molar refractivity (Wildman–Crippen MR) is 77.6 cm³/mol. The fourth-order valence-electron chi connectivity index (χ4n) is 2.16. The van der Waals surface area contributed by atoms with Crippen molar-refractivity contribution in [1.29, 1.82) is 0 Å². The first-order chi connectivity index (χ1) is 9.48. The summed E-state index contributed by atoms with van der Waals surface area (Å²) >= 11 is 3.36. The third kappa shape index (κ3) is 2.26. The monoisotopic (exact) mass is 340 g/mol. The topological polar surface area (TPSA) is 113 Å². The lowest BCUT2D eigenvalue weighted by Gasteiger charge is -2.21. The summed E-state index contributed by atoms with van der Waals surface area (Å²) in [5.41, 5.74) is 6.53. The Kier molecular flexibility index (Phi) is 3.15. The van der Waals surface area contributed by atoms with Crippen molar-refractivity contribution < 1.29 is 9.53 Å². The molecule has 1 unspecified atom stereocenters. The summed E-state index contributed by atoms with van der Waals surface area (Å²) in [6.45, 7) is 0.689. The Hall–Kier alpha value is -1.64. The second-order valence-electron chi connectivity index (χ2n) is 4.87. The van der Waals surface area contributed by atoms with Gasteiger partial charge in [0, 0.05) is 11.1 Å². The van der Waals surface area contributed by atoms with E-state index in [0.717, 1.165) is 0 Å². The zero-order valence-electron chi connectivity index (χ0n) is 10.5. The maximum absolute atomic E-state index is 12.2. The number of nitrogens with two attached hydrogens (primary N) is 1. The van der Waals surface area contributed by atoms with Crippen molar-refractivity contribution in [3.8, 4) is 0 Å². The molecule has 2 heterocycles. The zero-order valence-corrected chi connectivity index (χ0v) is 12.0. The van der Waals surface area contributed by atoms with E-state index in [-0.39, 0.29) is 18.2 Å². The first kappa shape index (κ1) is 13.3. The summed E-state index contributed by atoms with van der Waals surface area (Å²) in [6, 6.07) is 3.39. The molecule has 2 aromatic rings. The van der Waals surface area contributed by atoms with Crippen molar-refractivity contribution in [2.75, 3.05) is 18.5 Å². The molecule has 3 rings (SSSR count). The first-order valence-electron chi connectivity index (χ1n) is 6.08. The molecule has 7 nitrogen and oxygen atoms in total. The normalized spacial score (nSPS) is 22.3. The highest BCUT2D eigenvalue weighted by Gasteiger charge is 2.38. The van der Waals surface area contributed by atoms with E-state index >= 15 is 0 Å². The maximum atomic E-state index is 12.2. The Morgan fingerprint density at radius 2 is 2.10 bits per heavy atom. The smallest absolute Gasteiger partial charge is 0.323 e. The van der Waals surface area contributed by atoms with Gasteiger partial charge in [-0.15, -0.1) is 0 Å². The Labute approximate surface area is 122 Å². The van der Waals surface area contributed by atoms with Gasteiger partial charge in [-0.25, -0.2) is 4.79 Å². The fraction of sp³-hybridized carbons (Fsp3) is 0.333. The highest BCUT2D eigenvalue weighted by molar-refractivity contribution is 9.10. The van der Waals surface area contributed by atoms with Crippen LogP contribution in [0.1, 0.15) is 6.42 Å². The lowest BCUT2D eigenvalue weighted by atomic mass is 9.99. The van der Waals surface area contributed by atoms with E-state index in [1.165, 1.54) is 0 Å². The number of nitrogens with one attached hydrogen (secondary N) is 3. The Morgan fingerprint density at radius 1 is 1.40 bits per heavy atom. The van der Waals surface area contributed by atoms with E-state index in [1.54, 1.807) is 12.1 Å². The third-order valence-electron chi connectivity index (χ3n) is 3.36. The van der Waals surface area contributed by atoms with Gasteiger partial charge in [-0.2, -0.15) is 0 Å². The van der Waals surface area contributed by atoms with E-state index in [1.807, 2.05) is 0 Å². The average molecular weight is 341 g/mol. The lowest BCUT2D eigenvalue weighted by Crippen LogP contribution is -2.51. The van der Waals surface area contributed by atoms with Crippen LogP contribution >= 0.6 is 15.9 Å². The second kappa shape index (κ2) is 4.72. The highest BCUT2D eigenvalue weighted by atomic mass is 79.9. The summed E-state index contributed by atoms with van der Waals surface area (Å²) < 4.78 is 5.84. The molecule has 20 heavy (non-hydrogen) atoms. The molecule has 0 spiro atoms. The van der Waals surface area contributed by atoms with Gasteiger partial charge in [0.1, 0.15) is 5.54 Å². The van der Waals surface area contributed by atoms with Gasteiger partial charge >= 0.3 is 5.69 Å². The van der Waals surface area contributed by atoms with E-state index in [9.17, 15) is 9.59 Å². The van der Waals surface area contributed by atoms with Crippen LogP contribution in [-0.4, -0.2) is 34.6 Å². The van der Waals surface area contributed by atoms with Gasteiger partial charge in [0.15, 0.2) is 0 Å². The molecule has 8 heteroatoms. The minimum Gasteiger partial charge on any atom is -0.379 e. The molecule has 0 saturated carbocycles. The summed E-state index contributed by atoms with van der Waals surface area (Å²) in [4.78, 5) is 28.7. The molecule has 1 aromatic heterocycles. The van der Waals surface area contributed by atoms with Gasteiger partial charge in [-0.05, 0) is 34.5 Å². The molecule has 1 aliphatic heterocycles. The standard InChI is InChI=1S/C12H13BrN4O3/c13-6-3-8-9(17-11(19)16-8)4-7(6)15-10(18)12(14)1-2-20-5-12/h3-4H,1-2,5,14H2,(H,15,18)(H2,16,17,19). The number of carbonyl (C=O) groups is 1. The van der Waals surface area contributed by atoms with Crippen LogP contribution in [-0.2, 0) is 9.53 Å². The Balaban J connectivity index is 1.92. The molecule has 1 aromatic carbocycles. The number of amides is 1. The number of H-pyrrole nitrogens is 2. The molecular formula is C12H13BrN4O3. The number of imidazole rings is 1. The largest absolute Gasteiger partial charge is 0.379 e. The minimum atomic E-state index is -1.00. The van der Waals surface area contributed by atoms with Crippen molar-refractivity contribution in [1.82, 2.24) is 9.97 Å². The van der Waals surface area contributed by atoms with Crippen molar-refractivity contribution in [3.05, 3.63) is 27.1 Å². The summed E-state index contributed by atoms with van der Waals surface area (Å²) in [5.74, 6) is -0.298. The Bertz CT molecular complexity index is 730. The van der Waals surface area contributed by atoms with E-state index in [0.29, 0.717) is 34.2 Å². The van der Waals surface area contributed by atoms with E-state index in [4.69, 9.17) is 10.5 Å². The number of hydrogen-bond donors (Lipinski definition) is 4. The van der Waals surface area contributed by atoms with Crippen molar-refractivity contribution in [3.63, 3.8) is 0 Å². The van der Waals surface area contributed by atoms with Crippen LogP contribution in [0.2, 0.25) is 0 Å². The van der Waals surface area contributed by atoms with Crippen molar-refractivity contribution >= 4 is 38.6 Å². The third-order valence-corrected chi connectivity index (χ3v) is 4.01. The number of ether oxygens (including phenoxy) is 1. The lowest BCUT2D eigenvalue weighted by molar-refractivity contribution is -0.121. The first-order valence-corrected chi connectivity index (χ1v) is 6.87. The fourth-order valence-corrected chi connectivity index (χ4v) is 2.60. The molecule has 106 valence electrons. The number of aromatic nitrogens is 2. The van der Waals surface area contributed by atoms with Crippen LogP contribution in [0.5, 0.6) is 0 Å². The van der Waals surface area contributed by atoms with Crippen LogP contribution in [0.15, 0.2) is 21.4 Å². The van der Waals surface area contributed by atoms with Crippen molar-refractivity contribution in [2.45, 2.75) is 12.0 Å². The number of anilines is 1. The predicted octanol–water partition coefficient (Wildman–Crippen LogP) is 0.675. The average Bonchev–Trinajstić information content (AvgIpc) is 2.96. The summed E-state index contributed by atoms with van der Waals surface area (Å²) in [5, 5.41) is 2.77. The number of benzene rings is 1. The molecular weight excluding hydrogens is 328 g/mol.